The molecular formula is C21H27ClN2O3. The molecule has 4 bridgehead atoms. The summed E-state index contributed by atoms with van der Waals surface area (Å²) in [5, 5.41) is 5.73. The first kappa shape index (κ1) is 18.6. The number of hydrogen-bond donors (Lipinski definition) is 2. The fraction of sp³-hybridized carbons (Fsp3) is 0.619. The molecule has 0 radical (unpaired) electrons. The Bertz CT molecular complexity index is 737. The van der Waals surface area contributed by atoms with E-state index < -0.39 is 0 Å². The lowest BCUT2D eigenvalue weighted by molar-refractivity contribution is -0.145. The number of rotatable bonds is 6. The predicted octanol–water partition coefficient (Wildman–Crippen LogP) is 3.01. The summed E-state index contributed by atoms with van der Waals surface area (Å²) in [6.07, 6.45) is 5.89. The van der Waals surface area contributed by atoms with Crippen molar-refractivity contribution in [2.24, 2.45) is 17.3 Å². The van der Waals surface area contributed by atoms with Crippen molar-refractivity contribution in [1.29, 1.82) is 0 Å². The van der Waals surface area contributed by atoms with E-state index in [9.17, 15) is 9.59 Å². The largest absolute Gasteiger partial charge is 0.496 e. The van der Waals surface area contributed by atoms with Gasteiger partial charge in [0, 0.05) is 17.0 Å². The average molecular weight is 391 g/mol. The van der Waals surface area contributed by atoms with E-state index in [0.29, 0.717) is 18.4 Å². The highest BCUT2D eigenvalue weighted by Crippen LogP contribution is 2.63. The van der Waals surface area contributed by atoms with Crippen LogP contribution in [0.3, 0.4) is 0 Å². The topological polar surface area (TPSA) is 67.4 Å². The van der Waals surface area contributed by atoms with Crippen LogP contribution in [0, 0.1) is 17.3 Å². The molecular weight excluding hydrogens is 364 g/mol. The second kappa shape index (κ2) is 7.01. The van der Waals surface area contributed by atoms with Crippen molar-refractivity contribution in [3.05, 3.63) is 29.8 Å². The average Bonchev–Trinajstić information content (AvgIpc) is 2.62. The zero-order chi connectivity index (χ0) is 19.1. The number of hydrogen-bond acceptors (Lipinski definition) is 3. The normalized spacial score (nSPS) is 33.6. The third kappa shape index (κ3) is 3.66. The van der Waals surface area contributed by atoms with E-state index in [4.69, 9.17) is 16.3 Å². The Hall–Kier alpha value is -1.75. The molecule has 4 atom stereocenters. The highest BCUT2D eigenvalue weighted by atomic mass is 35.5. The van der Waals surface area contributed by atoms with Gasteiger partial charge in [-0.25, -0.2) is 0 Å². The Kier molecular flexibility index (Phi) is 4.83. The van der Waals surface area contributed by atoms with Gasteiger partial charge in [0.1, 0.15) is 5.75 Å². The predicted molar refractivity (Wildman–Crippen MR) is 104 cm³/mol. The number of benzene rings is 1. The van der Waals surface area contributed by atoms with Crippen LogP contribution in [0.25, 0.3) is 0 Å². The molecule has 4 saturated carbocycles. The van der Waals surface area contributed by atoms with Gasteiger partial charge in [0.25, 0.3) is 0 Å². The fourth-order valence-corrected chi connectivity index (χ4v) is 6.56. The van der Waals surface area contributed by atoms with Crippen molar-refractivity contribution in [2.75, 3.05) is 13.7 Å². The van der Waals surface area contributed by atoms with Gasteiger partial charge in [0.05, 0.1) is 19.1 Å². The van der Waals surface area contributed by atoms with Gasteiger partial charge in [-0.05, 0) is 56.4 Å². The van der Waals surface area contributed by atoms with Crippen LogP contribution < -0.4 is 15.4 Å². The van der Waals surface area contributed by atoms with Crippen molar-refractivity contribution in [1.82, 2.24) is 10.6 Å². The quantitative estimate of drug-likeness (QED) is 0.734. The lowest BCUT2D eigenvalue weighted by Gasteiger charge is -2.59. The molecule has 0 heterocycles. The van der Waals surface area contributed by atoms with Crippen LogP contribution in [0.2, 0.25) is 0 Å². The fourth-order valence-electron chi connectivity index (χ4n) is 5.87. The highest BCUT2D eigenvalue weighted by molar-refractivity contribution is 6.24. The summed E-state index contributed by atoms with van der Waals surface area (Å²) in [5.41, 5.74) is 0.541. The maximum absolute atomic E-state index is 12.9. The summed E-state index contributed by atoms with van der Waals surface area (Å²) in [7, 11) is 1.61. The third-order valence-electron chi connectivity index (χ3n) is 6.55. The van der Waals surface area contributed by atoms with Crippen LogP contribution in [0.4, 0.5) is 0 Å². The van der Waals surface area contributed by atoms with E-state index in [-0.39, 0.29) is 28.6 Å². The summed E-state index contributed by atoms with van der Waals surface area (Å²) in [6, 6.07) is 7.56. The Morgan fingerprint density at radius 3 is 2.52 bits per heavy atom. The van der Waals surface area contributed by atoms with Crippen molar-refractivity contribution < 1.29 is 14.3 Å². The standard InChI is InChI=1S/C21H27ClN2O3/c1-27-17-5-3-2-4-16(17)11-23-18(25)12-24-19(26)20-7-14-6-15(8-20)10-21(22,9-14)13-20/h2-5,14-15H,6-13H2,1H3,(H,23,25)(H,24,26)/t14-,15+,20?,21?. The van der Waals surface area contributed by atoms with Crippen LogP contribution >= 0.6 is 11.6 Å². The summed E-state index contributed by atoms with van der Waals surface area (Å²) < 4.78 is 5.29. The number of halogens is 1. The van der Waals surface area contributed by atoms with Gasteiger partial charge in [0.2, 0.25) is 11.8 Å². The molecule has 2 N–H and O–H groups in total. The number of nitrogens with one attached hydrogen (secondary N) is 2. The van der Waals surface area contributed by atoms with Crippen LogP contribution in [-0.2, 0) is 16.1 Å². The van der Waals surface area contributed by atoms with Gasteiger partial charge in [-0.15, -0.1) is 11.6 Å². The molecule has 1 aromatic carbocycles. The third-order valence-corrected chi connectivity index (χ3v) is 6.99. The van der Waals surface area contributed by atoms with Crippen molar-refractivity contribution in [2.45, 2.75) is 49.9 Å². The van der Waals surface area contributed by atoms with Gasteiger partial charge in [-0.3, -0.25) is 9.59 Å². The number of methoxy groups -OCH3 is 1. The zero-order valence-corrected chi connectivity index (χ0v) is 16.5. The van der Waals surface area contributed by atoms with Gasteiger partial charge >= 0.3 is 0 Å². The molecule has 0 aromatic heterocycles. The number of amides is 2. The smallest absolute Gasteiger partial charge is 0.239 e. The molecule has 5 nitrogen and oxygen atoms in total. The maximum Gasteiger partial charge on any atom is 0.239 e. The molecule has 27 heavy (non-hydrogen) atoms. The molecule has 0 saturated heterocycles. The Labute approximate surface area is 165 Å². The lowest BCUT2D eigenvalue weighted by Crippen LogP contribution is -2.59. The first-order chi connectivity index (χ1) is 12.9. The Balaban J connectivity index is 1.31. The second-order valence-corrected chi connectivity index (χ2v) is 9.47. The molecule has 5 rings (SSSR count). The SMILES string of the molecule is COc1ccccc1CNC(=O)CNC(=O)C12C[C@@H]3C[C@@H](CC(Cl)(C3)C1)C2. The van der Waals surface area contributed by atoms with Crippen LogP contribution in [-0.4, -0.2) is 30.3 Å². The van der Waals surface area contributed by atoms with E-state index in [1.807, 2.05) is 24.3 Å². The van der Waals surface area contributed by atoms with Crippen molar-refractivity contribution in [3.8, 4) is 5.75 Å². The monoisotopic (exact) mass is 390 g/mol. The Morgan fingerprint density at radius 1 is 1.15 bits per heavy atom. The van der Waals surface area contributed by atoms with E-state index in [1.54, 1.807) is 7.11 Å². The molecule has 4 aliphatic rings. The lowest BCUT2D eigenvalue weighted by atomic mass is 9.49. The van der Waals surface area contributed by atoms with E-state index in [0.717, 1.165) is 43.4 Å². The molecule has 2 unspecified atom stereocenters. The van der Waals surface area contributed by atoms with E-state index in [1.165, 1.54) is 6.42 Å². The van der Waals surface area contributed by atoms with E-state index in [2.05, 4.69) is 10.6 Å². The molecule has 146 valence electrons. The number of alkyl halides is 1. The highest BCUT2D eigenvalue weighted by Gasteiger charge is 2.60. The van der Waals surface area contributed by atoms with Crippen LogP contribution in [0.5, 0.6) is 5.75 Å². The molecule has 2 amide bonds. The number of para-hydroxylation sites is 1. The minimum Gasteiger partial charge on any atom is -0.496 e. The van der Waals surface area contributed by atoms with Crippen LogP contribution in [0.1, 0.15) is 44.1 Å². The van der Waals surface area contributed by atoms with Gasteiger partial charge in [0.15, 0.2) is 0 Å². The number of ether oxygens (including phenoxy) is 1. The van der Waals surface area contributed by atoms with Gasteiger partial charge in [-0.1, -0.05) is 18.2 Å². The first-order valence-corrected chi connectivity index (χ1v) is 10.1. The number of carbonyl (C=O) groups excluding carboxylic acids is 2. The summed E-state index contributed by atoms with van der Waals surface area (Å²) in [4.78, 5) is 25.0. The Morgan fingerprint density at radius 2 is 1.85 bits per heavy atom. The van der Waals surface area contributed by atoms with Crippen molar-refractivity contribution >= 4 is 23.4 Å². The molecule has 1 aromatic rings. The second-order valence-electron chi connectivity index (χ2n) is 8.66. The van der Waals surface area contributed by atoms with E-state index >= 15 is 0 Å². The summed E-state index contributed by atoms with van der Waals surface area (Å²) in [5.74, 6) is 1.68. The summed E-state index contributed by atoms with van der Waals surface area (Å²) in [6.45, 7) is 0.374. The minimum absolute atomic E-state index is 0.000349. The molecule has 4 fully saturated rings. The van der Waals surface area contributed by atoms with Gasteiger partial charge in [-0.2, -0.15) is 0 Å². The molecule has 0 spiro atoms. The first-order valence-electron chi connectivity index (χ1n) is 9.77. The molecule has 0 aliphatic heterocycles. The summed E-state index contributed by atoms with van der Waals surface area (Å²) >= 11 is 6.80. The van der Waals surface area contributed by atoms with Crippen molar-refractivity contribution in [3.63, 3.8) is 0 Å². The van der Waals surface area contributed by atoms with Gasteiger partial charge < -0.3 is 15.4 Å². The minimum atomic E-state index is -0.366. The number of carbonyl (C=O) groups is 2. The molecule has 4 aliphatic carbocycles. The zero-order valence-electron chi connectivity index (χ0n) is 15.7. The molecule has 6 heteroatoms. The maximum atomic E-state index is 12.9. The van der Waals surface area contributed by atoms with Crippen LogP contribution in [0.15, 0.2) is 24.3 Å².